The number of carbonyl (C=O) groups is 1. The number of nitrogens with one attached hydrogen (secondary N) is 1. The number of fused-ring (bicyclic) bond motifs is 1. The van der Waals surface area contributed by atoms with Gasteiger partial charge in [-0.2, -0.15) is 0 Å². The highest BCUT2D eigenvalue weighted by Crippen LogP contribution is 2.37. The SMILES string of the molecule is Cc1c(CC(N)C(=O)O)sc2c(NCc3ccco3)cc(Cl)nc12.Cl.Cl. The maximum Gasteiger partial charge on any atom is 0.320 e. The number of hydrogen-bond acceptors (Lipinski definition) is 6. The minimum absolute atomic E-state index is 0. The Labute approximate surface area is 171 Å². The van der Waals surface area contributed by atoms with Crippen molar-refractivity contribution in [3.63, 3.8) is 0 Å². The quantitative estimate of drug-likeness (QED) is 0.497. The molecule has 0 saturated carbocycles. The molecule has 10 heteroatoms. The van der Waals surface area contributed by atoms with Gasteiger partial charge in [0.25, 0.3) is 0 Å². The molecule has 1 unspecified atom stereocenters. The lowest BCUT2D eigenvalue weighted by atomic mass is 10.1. The molecule has 3 rings (SSSR count). The number of thiophene rings is 1. The number of rotatable bonds is 6. The number of nitrogens with zero attached hydrogens (tertiary/aromatic N) is 1. The van der Waals surface area contributed by atoms with Gasteiger partial charge in [-0.3, -0.25) is 4.79 Å². The van der Waals surface area contributed by atoms with Crippen LogP contribution in [0.25, 0.3) is 10.2 Å². The van der Waals surface area contributed by atoms with Gasteiger partial charge >= 0.3 is 5.97 Å². The van der Waals surface area contributed by atoms with E-state index in [1.807, 2.05) is 19.1 Å². The Morgan fingerprint density at radius 1 is 1.50 bits per heavy atom. The summed E-state index contributed by atoms with van der Waals surface area (Å²) in [4.78, 5) is 16.3. The van der Waals surface area contributed by atoms with Crippen molar-refractivity contribution < 1.29 is 14.3 Å². The van der Waals surface area contributed by atoms with E-state index in [4.69, 9.17) is 26.9 Å². The van der Waals surface area contributed by atoms with Gasteiger partial charge in [0.1, 0.15) is 17.0 Å². The predicted molar refractivity (Wildman–Crippen MR) is 109 cm³/mol. The van der Waals surface area contributed by atoms with E-state index in [9.17, 15) is 4.79 Å². The molecule has 4 N–H and O–H groups in total. The third kappa shape index (κ3) is 4.81. The van der Waals surface area contributed by atoms with Crippen molar-refractivity contribution in [3.05, 3.63) is 45.8 Å². The third-order valence-electron chi connectivity index (χ3n) is 3.70. The van der Waals surface area contributed by atoms with Crippen molar-refractivity contribution in [2.75, 3.05) is 5.32 Å². The van der Waals surface area contributed by atoms with E-state index < -0.39 is 12.0 Å². The largest absolute Gasteiger partial charge is 0.480 e. The first-order valence-electron chi connectivity index (χ1n) is 7.29. The van der Waals surface area contributed by atoms with Crippen molar-refractivity contribution in [1.82, 2.24) is 4.98 Å². The summed E-state index contributed by atoms with van der Waals surface area (Å²) in [6, 6.07) is 4.52. The molecule has 0 bridgehead atoms. The maximum absolute atomic E-state index is 11.0. The van der Waals surface area contributed by atoms with Crippen LogP contribution in [0.3, 0.4) is 0 Å². The van der Waals surface area contributed by atoms with Crippen LogP contribution in [-0.2, 0) is 17.8 Å². The minimum Gasteiger partial charge on any atom is -0.480 e. The van der Waals surface area contributed by atoms with Gasteiger partial charge in [-0.15, -0.1) is 36.2 Å². The smallest absolute Gasteiger partial charge is 0.320 e. The fourth-order valence-corrected chi connectivity index (χ4v) is 3.89. The molecule has 0 amide bonds. The third-order valence-corrected chi connectivity index (χ3v) is 5.23. The Kier molecular flexibility index (Phi) is 8.17. The van der Waals surface area contributed by atoms with E-state index >= 15 is 0 Å². The number of hydrogen-bond donors (Lipinski definition) is 3. The summed E-state index contributed by atoms with van der Waals surface area (Å²) in [7, 11) is 0. The Morgan fingerprint density at radius 3 is 2.85 bits per heavy atom. The van der Waals surface area contributed by atoms with Crippen molar-refractivity contribution in [2.24, 2.45) is 5.73 Å². The number of aromatic nitrogens is 1. The number of carboxylic acids is 1. The zero-order valence-corrected chi connectivity index (χ0v) is 16.9. The molecule has 3 heterocycles. The summed E-state index contributed by atoms with van der Waals surface area (Å²) in [5.74, 6) is -0.216. The minimum atomic E-state index is -1.02. The number of carboxylic acid groups (broad SMARTS) is 1. The summed E-state index contributed by atoms with van der Waals surface area (Å²) in [5.41, 5.74) is 8.18. The van der Waals surface area contributed by atoms with Gasteiger partial charge < -0.3 is 20.6 Å². The summed E-state index contributed by atoms with van der Waals surface area (Å²) in [6.45, 7) is 2.42. The standard InChI is InChI=1S/C16H16ClN3O3S.2ClH/c1-8-12(5-10(18)16(21)22)24-15-11(6-13(17)20-14(8)15)19-7-9-3-2-4-23-9;;/h2-4,6,10H,5,7,18H2,1H3,(H,19,20)(H,21,22);2*1H. The van der Waals surface area contributed by atoms with Gasteiger partial charge in [0, 0.05) is 17.4 Å². The van der Waals surface area contributed by atoms with Crippen LogP contribution in [0.15, 0.2) is 28.9 Å². The Morgan fingerprint density at radius 2 is 2.23 bits per heavy atom. The normalized spacial score (nSPS) is 11.5. The predicted octanol–water partition coefficient (Wildman–Crippen LogP) is 4.26. The molecule has 3 aromatic rings. The molecule has 3 aromatic heterocycles. The van der Waals surface area contributed by atoms with E-state index in [0.717, 1.165) is 32.1 Å². The fourth-order valence-electron chi connectivity index (χ4n) is 2.40. The monoisotopic (exact) mass is 437 g/mol. The molecular weight excluding hydrogens is 421 g/mol. The molecule has 0 aliphatic heterocycles. The highest BCUT2D eigenvalue weighted by atomic mass is 35.5. The molecule has 0 spiro atoms. The number of aryl methyl sites for hydroxylation is 1. The van der Waals surface area contributed by atoms with Crippen molar-refractivity contribution in [3.8, 4) is 0 Å². The first-order valence-corrected chi connectivity index (χ1v) is 8.48. The van der Waals surface area contributed by atoms with Crippen LogP contribution in [-0.4, -0.2) is 22.1 Å². The number of halogens is 3. The zero-order chi connectivity index (χ0) is 17.3. The summed E-state index contributed by atoms with van der Waals surface area (Å²) < 4.78 is 6.24. The second-order valence-corrected chi connectivity index (χ2v) is 6.89. The van der Waals surface area contributed by atoms with Gasteiger partial charge in [0.05, 0.1) is 28.7 Å². The maximum atomic E-state index is 11.0. The topological polar surface area (TPSA) is 101 Å². The van der Waals surface area contributed by atoms with Crippen molar-refractivity contribution >= 4 is 69.6 Å². The van der Waals surface area contributed by atoms with Crippen molar-refractivity contribution in [2.45, 2.75) is 25.9 Å². The second kappa shape index (κ2) is 9.43. The van der Waals surface area contributed by atoms with Crippen LogP contribution in [0, 0.1) is 6.92 Å². The van der Waals surface area contributed by atoms with E-state index in [1.165, 1.54) is 11.3 Å². The second-order valence-electron chi connectivity index (χ2n) is 5.40. The zero-order valence-electron chi connectivity index (χ0n) is 13.7. The Bertz CT molecular complexity index is 884. The molecular formula is C16H18Cl3N3O3S. The van der Waals surface area contributed by atoms with Gasteiger partial charge in [-0.25, -0.2) is 4.98 Å². The molecule has 1 atom stereocenters. The Hall–Kier alpha value is -1.51. The van der Waals surface area contributed by atoms with Gasteiger partial charge in [-0.05, 0) is 24.6 Å². The van der Waals surface area contributed by atoms with Gasteiger partial charge in [0.15, 0.2) is 0 Å². The highest BCUT2D eigenvalue weighted by Gasteiger charge is 2.19. The number of nitrogens with two attached hydrogens (primary N) is 1. The summed E-state index contributed by atoms with van der Waals surface area (Å²) >= 11 is 7.62. The first kappa shape index (κ1) is 22.5. The van der Waals surface area contributed by atoms with Gasteiger partial charge in [0.2, 0.25) is 0 Å². The number of furan rings is 1. The molecule has 0 fully saturated rings. The summed E-state index contributed by atoms with van der Waals surface area (Å²) in [6.07, 6.45) is 1.88. The lowest BCUT2D eigenvalue weighted by Crippen LogP contribution is -2.32. The fraction of sp³-hybridized carbons (Fsp3) is 0.250. The highest BCUT2D eigenvalue weighted by molar-refractivity contribution is 7.19. The first-order chi connectivity index (χ1) is 11.5. The van der Waals surface area contributed by atoms with E-state index in [1.54, 1.807) is 12.3 Å². The lowest BCUT2D eigenvalue weighted by molar-refractivity contribution is -0.138. The van der Waals surface area contributed by atoms with Crippen molar-refractivity contribution in [1.29, 1.82) is 0 Å². The van der Waals surface area contributed by atoms with E-state index in [-0.39, 0.29) is 31.2 Å². The average molecular weight is 439 g/mol. The average Bonchev–Trinajstić information content (AvgIpc) is 3.15. The van der Waals surface area contributed by atoms with Crippen LogP contribution >= 0.6 is 47.8 Å². The van der Waals surface area contributed by atoms with Crippen LogP contribution < -0.4 is 11.1 Å². The molecule has 6 nitrogen and oxygen atoms in total. The van der Waals surface area contributed by atoms with E-state index in [2.05, 4.69) is 10.3 Å². The number of anilines is 1. The van der Waals surface area contributed by atoms with Crippen LogP contribution in [0.4, 0.5) is 5.69 Å². The van der Waals surface area contributed by atoms with Crippen LogP contribution in [0.5, 0.6) is 0 Å². The van der Waals surface area contributed by atoms with Crippen LogP contribution in [0.1, 0.15) is 16.2 Å². The molecule has 142 valence electrons. The molecule has 0 radical (unpaired) electrons. The molecule has 0 aliphatic carbocycles. The number of aliphatic carboxylic acids is 1. The van der Waals surface area contributed by atoms with Gasteiger partial charge in [-0.1, -0.05) is 11.6 Å². The molecule has 26 heavy (non-hydrogen) atoms. The van der Waals surface area contributed by atoms with Crippen LogP contribution in [0.2, 0.25) is 5.15 Å². The molecule has 0 aromatic carbocycles. The molecule has 0 aliphatic rings. The summed E-state index contributed by atoms with van der Waals surface area (Å²) in [5, 5.41) is 12.7. The Balaban J connectivity index is 0.00000169. The number of pyridine rings is 1. The lowest BCUT2D eigenvalue weighted by Gasteiger charge is -2.06. The van der Waals surface area contributed by atoms with E-state index in [0.29, 0.717) is 11.7 Å². The molecule has 0 saturated heterocycles.